The van der Waals surface area contributed by atoms with Gasteiger partial charge in [0.25, 0.3) is 0 Å². The van der Waals surface area contributed by atoms with E-state index >= 15 is 0 Å². The number of hydrogen-bond acceptors (Lipinski definition) is 3. The summed E-state index contributed by atoms with van der Waals surface area (Å²) in [5.41, 5.74) is 2.88. The first-order valence-electron chi connectivity index (χ1n) is 10.7. The Labute approximate surface area is 179 Å². The lowest BCUT2D eigenvalue weighted by Gasteiger charge is -2.50. The summed E-state index contributed by atoms with van der Waals surface area (Å²) in [4.78, 5) is 14.9. The van der Waals surface area contributed by atoms with Crippen LogP contribution in [0.4, 0.5) is 13.2 Å². The first-order chi connectivity index (χ1) is 14.8. The SMILES string of the molecule is COC(=O)[C@H]1[C@@H]2C[C@@H]3CC[C@H]1N3C/C2=C\c1ccc(-c2cccc(C(F)(F)F)c2)cc1. The highest BCUT2D eigenvalue weighted by molar-refractivity contribution is 5.76. The second-order valence-corrected chi connectivity index (χ2v) is 8.78. The van der Waals surface area contributed by atoms with Crippen molar-refractivity contribution in [2.45, 2.75) is 37.5 Å². The van der Waals surface area contributed by atoms with Crippen LogP contribution in [0.3, 0.4) is 0 Å². The van der Waals surface area contributed by atoms with Crippen LogP contribution in [-0.4, -0.2) is 36.6 Å². The molecule has 2 aromatic rings. The van der Waals surface area contributed by atoms with Crippen LogP contribution in [0.1, 0.15) is 30.4 Å². The quantitative estimate of drug-likeness (QED) is 0.614. The first-order valence-corrected chi connectivity index (χ1v) is 10.7. The maximum atomic E-state index is 13.0. The summed E-state index contributed by atoms with van der Waals surface area (Å²) in [6, 6.07) is 13.8. The summed E-state index contributed by atoms with van der Waals surface area (Å²) in [5, 5.41) is 0. The van der Waals surface area contributed by atoms with Crippen LogP contribution >= 0.6 is 0 Å². The molecule has 0 saturated carbocycles. The minimum Gasteiger partial charge on any atom is -0.469 e. The average Bonchev–Trinajstić information content (AvgIpc) is 3.07. The van der Waals surface area contributed by atoms with Gasteiger partial charge in [-0.25, -0.2) is 0 Å². The van der Waals surface area contributed by atoms with Gasteiger partial charge >= 0.3 is 12.1 Å². The van der Waals surface area contributed by atoms with Crippen LogP contribution in [0.5, 0.6) is 0 Å². The number of rotatable bonds is 3. The van der Waals surface area contributed by atoms with Gasteiger partial charge in [0.05, 0.1) is 18.6 Å². The molecule has 6 heteroatoms. The van der Waals surface area contributed by atoms with E-state index < -0.39 is 11.7 Å². The molecule has 0 N–H and O–H groups in total. The number of carbonyl (C=O) groups is 1. The van der Waals surface area contributed by atoms with Crippen LogP contribution in [-0.2, 0) is 15.7 Å². The van der Waals surface area contributed by atoms with Gasteiger partial charge in [0.1, 0.15) is 0 Å². The molecule has 4 heterocycles. The van der Waals surface area contributed by atoms with Crippen molar-refractivity contribution in [2.24, 2.45) is 11.8 Å². The van der Waals surface area contributed by atoms with Crippen molar-refractivity contribution >= 4 is 12.0 Å². The number of alkyl halides is 3. The second kappa shape index (κ2) is 7.52. The molecule has 4 aliphatic rings. The van der Waals surface area contributed by atoms with Gasteiger partial charge in [-0.15, -0.1) is 0 Å². The molecule has 0 aromatic heterocycles. The van der Waals surface area contributed by atoms with Gasteiger partial charge in [0, 0.05) is 18.6 Å². The van der Waals surface area contributed by atoms with Crippen molar-refractivity contribution in [3.8, 4) is 11.1 Å². The number of piperidine rings is 3. The fraction of sp³-hybridized carbons (Fsp3) is 0.400. The summed E-state index contributed by atoms with van der Waals surface area (Å²) < 4.78 is 44.1. The van der Waals surface area contributed by atoms with E-state index in [0.717, 1.165) is 43.0 Å². The summed E-state index contributed by atoms with van der Waals surface area (Å²) in [6.45, 7) is 0.878. The summed E-state index contributed by atoms with van der Waals surface area (Å²) >= 11 is 0. The predicted octanol–water partition coefficient (Wildman–Crippen LogP) is 5.41. The molecule has 0 aliphatic carbocycles. The third-order valence-corrected chi connectivity index (χ3v) is 7.17. The molecule has 1 unspecified atom stereocenters. The summed E-state index contributed by atoms with van der Waals surface area (Å²) in [7, 11) is 1.46. The molecule has 5 atom stereocenters. The number of esters is 1. The molecule has 4 bridgehead atoms. The molecule has 0 radical (unpaired) electrons. The zero-order valence-electron chi connectivity index (χ0n) is 17.2. The van der Waals surface area contributed by atoms with Crippen molar-refractivity contribution in [2.75, 3.05) is 13.7 Å². The van der Waals surface area contributed by atoms with Gasteiger partial charge in [-0.05, 0) is 54.0 Å². The molecular formula is C25H24F3NO2. The topological polar surface area (TPSA) is 29.5 Å². The van der Waals surface area contributed by atoms with Crippen molar-refractivity contribution < 1.29 is 22.7 Å². The van der Waals surface area contributed by atoms with E-state index in [2.05, 4.69) is 11.0 Å². The predicted molar refractivity (Wildman–Crippen MR) is 112 cm³/mol. The fourth-order valence-electron chi connectivity index (χ4n) is 5.74. The highest BCUT2D eigenvalue weighted by Gasteiger charge is 2.55. The van der Waals surface area contributed by atoms with Crippen molar-refractivity contribution in [1.82, 2.24) is 4.90 Å². The van der Waals surface area contributed by atoms with Gasteiger partial charge in [0.15, 0.2) is 0 Å². The van der Waals surface area contributed by atoms with Crippen molar-refractivity contribution in [3.63, 3.8) is 0 Å². The van der Waals surface area contributed by atoms with E-state index in [9.17, 15) is 18.0 Å². The van der Waals surface area contributed by atoms with Crippen molar-refractivity contribution in [1.29, 1.82) is 0 Å². The van der Waals surface area contributed by atoms with E-state index in [-0.39, 0.29) is 23.8 Å². The molecule has 31 heavy (non-hydrogen) atoms. The molecule has 0 amide bonds. The maximum Gasteiger partial charge on any atom is 0.416 e. The second-order valence-electron chi connectivity index (χ2n) is 8.78. The van der Waals surface area contributed by atoms with E-state index in [4.69, 9.17) is 4.74 Å². The number of nitrogens with zero attached hydrogens (tertiary/aromatic N) is 1. The summed E-state index contributed by atoms with van der Waals surface area (Å²) in [6.07, 6.45) is 0.977. The first kappa shape index (κ1) is 20.3. The van der Waals surface area contributed by atoms with Crippen LogP contribution in [0, 0.1) is 11.8 Å². The molecule has 162 valence electrons. The van der Waals surface area contributed by atoms with E-state index in [1.807, 2.05) is 24.3 Å². The van der Waals surface area contributed by atoms with Gasteiger partial charge < -0.3 is 4.74 Å². The van der Waals surface area contributed by atoms with E-state index in [1.54, 1.807) is 6.07 Å². The Kier molecular flexibility index (Phi) is 4.93. The average molecular weight is 427 g/mol. The number of carbonyl (C=O) groups excluding carboxylic acids is 1. The number of hydrogen-bond donors (Lipinski definition) is 0. The number of halogens is 3. The Balaban J connectivity index is 1.40. The highest BCUT2D eigenvalue weighted by Crippen LogP contribution is 2.50. The lowest BCUT2D eigenvalue weighted by molar-refractivity contribution is -0.153. The molecule has 6 rings (SSSR count). The Morgan fingerprint density at radius 1 is 1.10 bits per heavy atom. The minimum atomic E-state index is -4.36. The maximum absolute atomic E-state index is 13.0. The van der Waals surface area contributed by atoms with Gasteiger partial charge in [-0.3, -0.25) is 9.69 Å². The minimum absolute atomic E-state index is 0.104. The number of methoxy groups -OCH3 is 1. The number of benzene rings is 2. The van der Waals surface area contributed by atoms with Gasteiger partial charge in [-0.2, -0.15) is 13.2 Å². The lowest BCUT2D eigenvalue weighted by Crippen LogP contribution is -2.58. The molecule has 2 aromatic carbocycles. The normalized spacial score (nSPS) is 30.6. The van der Waals surface area contributed by atoms with Gasteiger partial charge in [-0.1, -0.05) is 48.0 Å². The monoisotopic (exact) mass is 427 g/mol. The third-order valence-electron chi connectivity index (χ3n) is 7.17. The molecule has 3 nitrogen and oxygen atoms in total. The van der Waals surface area contributed by atoms with Crippen molar-refractivity contribution in [3.05, 3.63) is 65.2 Å². The molecular weight excluding hydrogens is 403 g/mol. The zero-order valence-corrected chi connectivity index (χ0v) is 17.2. The van der Waals surface area contributed by atoms with E-state index in [1.165, 1.54) is 24.8 Å². The Morgan fingerprint density at radius 3 is 2.58 bits per heavy atom. The standard InChI is InChI=1S/C25H24F3NO2/c1-31-24(30)23-21-13-20-9-10-22(23)29(20)14-18(21)11-15-5-7-16(8-6-15)17-3-2-4-19(12-17)25(26,27)28/h2-8,11-12,20-23H,9-10,13-14H2,1H3/b18-11+/t20-,21+,22+,23-/m0/s1. The Bertz CT molecular complexity index is 1030. The Morgan fingerprint density at radius 2 is 1.87 bits per heavy atom. The molecule has 4 fully saturated rings. The molecule has 4 saturated heterocycles. The van der Waals surface area contributed by atoms with Crippen LogP contribution in [0.2, 0.25) is 0 Å². The lowest BCUT2D eigenvalue weighted by atomic mass is 9.71. The van der Waals surface area contributed by atoms with Crippen LogP contribution in [0.25, 0.3) is 17.2 Å². The number of fused-ring (bicyclic) bond motifs is 1. The smallest absolute Gasteiger partial charge is 0.416 e. The van der Waals surface area contributed by atoms with E-state index in [0.29, 0.717) is 11.6 Å². The van der Waals surface area contributed by atoms with Crippen LogP contribution in [0.15, 0.2) is 54.1 Å². The Hall–Kier alpha value is -2.60. The molecule has 0 spiro atoms. The fourth-order valence-corrected chi connectivity index (χ4v) is 5.74. The van der Waals surface area contributed by atoms with Gasteiger partial charge in [0.2, 0.25) is 0 Å². The largest absolute Gasteiger partial charge is 0.469 e. The number of ether oxygens (including phenoxy) is 1. The summed E-state index contributed by atoms with van der Waals surface area (Å²) in [5.74, 6) is -0.0166. The molecule has 4 aliphatic heterocycles. The third kappa shape index (κ3) is 3.57. The highest BCUT2D eigenvalue weighted by atomic mass is 19.4. The zero-order chi connectivity index (χ0) is 21.8. The van der Waals surface area contributed by atoms with Crippen LogP contribution < -0.4 is 0 Å².